The van der Waals surface area contributed by atoms with Gasteiger partial charge in [-0.15, -0.1) is 0 Å². The highest BCUT2D eigenvalue weighted by molar-refractivity contribution is 7.18. The average molecular weight is 311 g/mol. The van der Waals surface area contributed by atoms with Gasteiger partial charge in [-0.3, -0.25) is 10.1 Å². The largest absolute Gasteiger partial charge is 0.276 e. The van der Waals surface area contributed by atoms with Gasteiger partial charge >= 0.3 is 0 Å². The lowest BCUT2D eigenvalue weighted by Crippen LogP contribution is -2.33. The molecule has 4 nitrogen and oxygen atoms in total. The molecular weight excluding hydrogens is 296 g/mol. The quantitative estimate of drug-likeness (QED) is 0.410. The molecule has 0 saturated heterocycles. The van der Waals surface area contributed by atoms with Crippen LogP contribution in [0.1, 0.15) is 17.5 Å². The lowest BCUT2D eigenvalue weighted by atomic mass is 10.1. The summed E-state index contributed by atoms with van der Waals surface area (Å²) in [6, 6.07) is 15.0. The number of aromatic nitrogens is 1. The van der Waals surface area contributed by atoms with Crippen LogP contribution in [0.4, 0.5) is 5.69 Å². The van der Waals surface area contributed by atoms with E-state index in [1.165, 1.54) is 16.3 Å². The Hall–Kier alpha value is -2.53. The molecule has 22 heavy (non-hydrogen) atoms. The normalized spacial score (nSPS) is 11.3. The SMILES string of the molecule is CC[n+]1c(/C=C/c2ccccc2[N+](=O)[O-])sc2ccccc21. The molecule has 0 aliphatic heterocycles. The molecule has 0 spiro atoms. The fourth-order valence-electron chi connectivity index (χ4n) is 2.46. The first kappa shape index (κ1) is 14.4. The maximum Gasteiger partial charge on any atom is 0.276 e. The summed E-state index contributed by atoms with van der Waals surface area (Å²) in [5.41, 5.74) is 1.94. The molecule has 1 heterocycles. The Labute approximate surface area is 132 Å². The number of fused-ring (bicyclic) bond motifs is 1. The molecule has 1 aromatic heterocycles. The minimum Gasteiger partial charge on any atom is -0.258 e. The first-order valence-electron chi connectivity index (χ1n) is 7.03. The predicted molar refractivity (Wildman–Crippen MR) is 89.7 cm³/mol. The second-order valence-corrected chi connectivity index (χ2v) is 5.86. The standard InChI is InChI=1S/C17H15N2O2S/c1-2-18-15-9-5-6-10-16(15)22-17(18)12-11-13-7-3-4-8-14(13)19(20)21/h3-12H,2H2,1H3/q+1/b12-11+. The van der Waals surface area contributed by atoms with Crippen molar-refractivity contribution in [1.29, 1.82) is 0 Å². The first-order valence-corrected chi connectivity index (χ1v) is 7.85. The topological polar surface area (TPSA) is 47.0 Å². The smallest absolute Gasteiger partial charge is 0.258 e. The van der Waals surface area contributed by atoms with Crippen LogP contribution in [0.3, 0.4) is 0 Å². The second-order valence-electron chi connectivity index (χ2n) is 4.80. The molecule has 0 saturated carbocycles. The molecule has 3 rings (SSSR count). The number of nitro benzene ring substituents is 1. The summed E-state index contributed by atoms with van der Waals surface area (Å²) in [5, 5.41) is 12.2. The molecule has 0 aliphatic carbocycles. The number of thiazole rings is 1. The van der Waals surface area contributed by atoms with E-state index in [-0.39, 0.29) is 10.6 Å². The molecule has 0 radical (unpaired) electrons. The molecule has 0 fully saturated rings. The molecular formula is C17H15N2O2S+. The van der Waals surface area contributed by atoms with Crippen molar-refractivity contribution >= 4 is 39.4 Å². The molecule has 5 heteroatoms. The van der Waals surface area contributed by atoms with Crippen LogP contribution in [0.5, 0.6) is 0 Å². The summed E-state index contributed by atoms with van der Waals surface area (Å²) in [5.74, 6) is 0. The summed E-state index contributed by atoms with van der Waals surface area (Å²) in [6.07, 6.45) is 3.77. The van der Waals surface area contributed by atoms with Crippen molar-refractivity contribution in [2.24, 2.45) is 0 Å². The van der Waals surface area contributed by atoms with Gasteiger partial charge in [-0.05, 0) is 25.1 Å². The minimum atomic E-state index is -0.349. The van der Waals surface area contributed by atoms with E-state index in [1.807, 2.05) is 30.4 Å². The Kier molecular flexibility index (Phi) is 3.98. The molecule has 0 amide bonds. The number of hydrogen-bond acceptors (Lipinski definition) is 3. The van der Waals surface area contributed by atoms with Crippen LogP contribution in [0.2, 0.25) is 0 Å². The molecule has 0 atom stereocenters. The van der Waals surface area contributed by atoms with Crippen molar-refractivity contribution in [1.82, 2.24) is 0 Å². The highest BCUT2D eigenvalue weighted by atomic mass is 32.1. The van der Waals surface area contributed by atoms with Crippen LogP contribution in [0.25, 0.3) is 22.4 Å². The van der Waals surface area contributed by atoms with Crippen molar-refractivity contribution in [2.45, 2.75) is 13.5 Å². The van der Waals surface area contributed by atoms with E-state index < -0.39 is 0 Å². The number of nitro groups is 1. The van der Waals surface area contributed by atoms with E-state index in [4.69, 9.17) is 0 Å². The van der Waals surface area contributed by atoms with Gasteiger partial charge in [-0.2, -0.15) is 4.57 Å². The number of aryl methyl sites for hydroxylation is 1. The Morgan fingerprint density at radius 1 is 1.14 bits per heavy atom. The van der Waals surface area contributed by atoms with Crippen molar-refractivity contribution in [3.63, 3.8) is 0 Å². The van der Waals surface area contributed by atoms with Gasteiger partial charge in [0.05, 0.1) is 10.5 Å². The maximum absolute atomic E-state index is 11.1. The average Bonchev–Trinajstić information content (AvgIpc) is 2.90. The predicted octanol–water partition coefficient (Wildman–Crippen LogP) is 4.29. The van der Waals surface area contributed by atoms with Crippen LogP contribution >= 0.6 is 11.3 Å². The third-order valence-corrected chi connectivity index (χ3v) is 4.62. The lowest BCUT2D eigenvalue weighted by Gasteiger charge is -1.95. The zero-order chi connectivity index (χ0) is 15.5. The summed E-state index contributed by atoms with van der Waals surface area (Å²) in [4.78, 5) is 10.7. The fourth-order valence-corrected chi connectivity index (χ4v) is 3.59. The molecule has 3 aromatic rings. The van der Waals surface area contributed by atoms with Crippen molar-refractivity contribution in [3.05, 3.63) is 69.2 Å². The van der Waals surface area contributed by atoms with Crippen LogP contribution in [0.15, 0.2) is 48.5 Å². The van der Waals surface area contributed by atoms with Gasteiger partial charge in [-0.1, -0.05) is 35.6 Å². The minimum absolute atomic E-state index is 0.128. The van der Waals surface area contributed by atoms with Crippen LogP contribution in [-0.4, -0.2) is 4.92 Å². The van der Waals surface area contributed by atoms with Crippen LogP contribution in [0, 0.1) is 10.1 Å². The second kappa shape index (κ2) is 6.07. The van der Waals surface area contributed by atoms with Gasteiger partial charge < -0.3 is 0 Å². The lowest BCUT2D eigenvalue weighted by molar-refractivity contribution is -0.665. The maximum atomic E-state index is 11.1. The summed E-state index contributed by atoms with van der Waals surface area (Å²) < 4.78 is 3.43. The molecule has 110 valence electrons. The van der Waals surface area contributed by atoms with E-state index in [0.29, 0.717) is 5.56 Å². The third-order valence-electron chi connectivity index (χ3n) is 3.49. The van der Waals surface area contributed by atoms with Crippen LogP contribution in [-0.2, 0) is 6.54 Å². The van der Waals surface area contributed by atoms with E-state index in [2.05, 4.69) is 23.6 Å². The van der Waals surface area contributed by atoms with Gasteiger partial charge in [0.1, 0.15) is 11.2 Å². The molecule has 2 aromatic carbocycles. The Bertz CT molecular complexity index is 868. The summed E-state index contributed by atoms with van der Waals surface area (Å²) >= 11 is 1.69. The number of benzene rings is 2. The molecule has 0 N–H and O–H groups in total. The van der Waals surface area contributed by atoms with Gasteiger partial charge in [0.15, 0.2) is 0 Å². The zero-order valence-corrected chi connectivity index (χ0v) is 12.9. The van der Waals surface area contributed by atoms with E-state index in [0.717, 1.165) is 11.6 Å². The first-order chi connectivity index (χ1) is 10.7. The zero-order valence-electron chi connectivity index (χ0n) is 12.1. The van der Waals surface area contributed by atoms with E-state index in [1.54, 1.807) is 23.5 Å². The van der Waals surface area contributed by atoms with Crippen molar-refractivity contribution in [3.8, 4) is 0 Å². The summed E-state index contributed by atoms with van der Waals surface area (Å²) in [7, 11) is 0. The van der Waals surface area contributed by atoms with Gasteiger partial charge in [0.25, 0.3) is 10.7 Å². The Morgan fingerprint density at radius 3 is 2.64 bits per heavy atom. The number of hydrogen-bond donors (Lipinski definition) is 0. The highest BCUT2D eigenvalue weighted by Crippen LogP contribution is 2.24. The molecule has 0 unspecified atom stereocenters. The van der Waals surface area contributed by atoms with Gasteiger partial charge in [0, 0.05) is 18.2 Å². The monoisotopic (exact) mass is 311 g/mol. The van der Waals surface area contributed by atoms with Crippen molar-refractivity contribution in [2.75, 3.05) is 0 Å². The Balaban J connectivity index is 2.05. The summed E-state index contributed by atoms with van der Waals surface area (Å²) in [6.45, 7) is 2.96. The number of para-hydroxylation sites is 2. The van der Waals surface area contributed by atoms with Gasteiger partial charge in [-0.25, -0.2) is 0 Å². The molecule has 0 aliphatic rings. The van der Waals surface area contributed by atoms with Crippen molar-refractivity contribution < 1.29 is 9.49 Å². The third kappa shape index (κ3) is 2.63. The molecule has 0 bridgehead atoms. The van der Waals surface area contributed by atoms with E-state index in [9.17, 15) is 10.1 Å². The van der Waals surface area contributed by atoms with Gasteiger partial charge in [0.2, 0.25) is 5.52 Å². The Morgan fingerprint density at radius 2 is 1.86 bits per heavy atom. The number of rotatable bonds is 4. The number of nitrogens with zero attached hydrogens (tertiary/aromatic N) is 2. The fraction of sp³-hybridized carbons (Fsp3) is 0.118. The highest BCUT2D eigenvalue weighted by Gasteiger charge is 2.16. The van der Waals surface area contributed by atoms with E-state index >= 15 is 0 Å². The van der Waals surface area contributed by atoms with Crippen LogP contribution < -0.4 is 4.57 Å².